The van der Waals surface area contributed by atoms with Crippen LogP contribution in [0.2, 0.25) is 0 Å². The molecule has 328 valence electrons. The van der Waals surface area contributed by atoms with Crippen LogP contribution < -0.4 is 47.3 Å². The Morgan fingerprint density at radius 3 is 1.66 bits per heavy atom. The molecule has 0 aliphatic carbocycles. The van der Waals surface area contributed by atoms with Crippen molar-refractivity contribution >= 4 is 102 Å². The molecule has 10 aromatic carbocycles. The number of hydrogen-bond acceptors (Lipinski definition) is 3. The highest BCUT2D eigenvalue weighted by molar-refractivity contribution is 7.02. The molecule has 70 heavy (non-hydrogen) atoms. The minimum absolute atomic E-state index is 0.0625. The summed E-state index contributed by atoms with van der Waals surface area (Å²) in [5, 5.41) is 2.54. The minimum atomic E-state index is -0.0652. The normalized spacial score (nSPS) is 13.4. The van der Waals surface area contributed by atoms with Gasteiger partial charge in [0, 0.05) is 62.2 Å². The maximum absolute atomic E-state index is 7.52. The SMILES string of the molecule is Cc1ccc(C)c(-c2cc3c4c(c2)N(c2ccccc2)c2cc5c(cc2B4c2ccccc2N3c2ccccc2)B2c3c(cc(-c4cc(C)ccc4C)cc3-n3c4ccccc4c4cccc2c43)O5)c1. The van der Waals surface area contributed by atoms with Crippen LogP contribution in [-0.2, 0) is 0 Å². The van der Waals surface area contributed by atoms with Crippen LogP contribution in [0.4, 0.5) is 34.1 Å². The van der Waals surface area contributed by atoms with E-state index in [1.54, 1.807) is 0 Å². The molecule has 0 amide bonds. The average Bonchev–Trinajstić information content (AvgIpc) is 3.74. The summed E-state index contributed by atoms with van der Waals surface area (Å²) in [7, 11) is 0. The van der Waals surface area contributed by atoms with Gasteiger partial charge in [-0.2, -0.15) is 0 Å². The Hall–Kier alpha value is -8.47. The van der Waals surface area contributed by atoms with E-state index in [9.17, 15) is 0 Å². The number of benzene rings is 10. The molecule has 4 nitrogen and oxygen atoms in total. The molecule has 0 unspecified atom stereocenters. The van der Waals surface area contributed by atoms with Crippen LogP contribution in [0.3, 0.4) is 0 Å². The number of rotatable bonds is 4. The Morgan fingerprint density at radius 2 is 0.943 bits per heavy atom. The molecule has 4 aliphatic heterocycles. The third kappa shape index (κ3) is 5.44. The van der Waals surface area contributed by atoms with Gasteiger partial charge in [0.1, 0.15) is 11.5 Å². The largest absolute Gasteiger partial charge is 0.458 e. The maximum atomic E-state index is 7.52. The second-order valence-corrected chi connectivity index (χ2v) is 19.9. The molecule has 0 saturated heterocycles. The number of hydrogen-bond donors (Lipinski definition) is 0. The van der Waals surface area contributed by atoms with E-state index in [2.05, 4.69) is 242 Å². The molecule has 0 atom stereocenters. The Labute approximate surface area is 408 Å². The van der Waals surface area contributed by atoms with E-state index in [1.165, 1.54) is 116 Å². The van der Waals surface area contributed by atoms with Crippen LogP contribution in [0, 0.1) is 27.7 Å². The summed E-state index contributed by atoms with van der Waals surface area (Å²) >= 11 is 0. The lowest BCUT2D eigenvalue weighted by atomic mass is 9.30. The monoisotopic (exact) mass is 893 g/mol. The lowest BCUT2D eigenvalue weighted by Gasteiger charge is -2.45. The lowest BCUT2D eigenvalue weighted by Crippen LogP contribution is -2.64. The van der Waals surface area contributed by atoms with Crippen LogP contribution in [0.25, 0.3) is 49.7 Å². The zero-order valence-corrected chi connectivity index (χ0v) is 39.5. The number of para-hydroxylation sites is 5. The summed E-state index contributed by atoms with van der Waals surface area (Å²) < 4.78 is 10.0. The second-order valence-electron chi connectivity index (χ2n) is 19.9. The van der Waals surface area contributed by atoms with Gasteiger partial charge in [0.05, 0.1) is 5.52 Å². The van der Waals surface area contributed by atoms with Crippen molar-refractivity contribution in [3.8, 4) is 39.4 Å². The fourth-order valence-corrected chi connectivity index (χ4v) is 12.7. The van der Waals surface area contributed by atoms with Crippen molar-refractivity contribution in [2.24, 2.45) is 0 Å². The molecule has 0 fully saturated rings. The Bertz CT molecular complexity index is 4060. The van der Waals surface area contributed by atoms with Gasteiger partial charge in [-0.15, -0.1) is 0 Å². The molecule has 5 heterocycles. The first kappa shape index (κ1) is 39.5. The van der Waals surface area contributed by atoms with Gasteiger partial charge in [-0.05, 0) is 155 Å². The molecule has 15 rings (SSSR count). The van der Waals surface area contributed by atoms with E-state index in [0.717, 1.165) is 34.1 Å². The quantitative estimate of drug-likeness (QED) is 0.164. The fourth-order valence-electron chi connectivity index (χ4n) is 12.7. The summed E-state index contributed by atoms with van der Waals surface area (Å²) in [5.74, 6) is 1.81. The molecule has 0 radical (unpaired) electrons. The zero-order chi connectivity index (χ0) is 46.5. The molecule has 1 aromatic heterocycles. The van der Waals surface area contributed by atoms with E-state index in [0.29, 0.717) is 0 Å². The van der Waals surface area contributed by atoms with Crippen LogP contribution in [0.5, 0.6) is 11.5 Å². The predicted molar refractivity (Wildman–Crippen MR) is 296 cm³/mol. The van der Waals surface area contributed by atoms with E-state index >= 15 is 0 Å². The maximum Gasteiger partial charge on any atom is 0.256 e. The first-order valence-electron chi connectivity index (χ1n) is 24.6. The summed E-state index contributed by atoms with van der Waals surface area (Å²) in [6.45, 7) is 8.71. The van der Waals surface area contributed by atoms with Gasteiger partial charge in [0.25, 0.3) is 13.4 Å². The molecule has 0 saturated carbocycles. The number of nitrogens with zero attached hydrogens (tertiary/aromatic N) is 3. The highest BCUT2D eigenvalue weighted by Gasteiger charge is 2.47. The highest BCUT2D eigenvalue weighted by atomic mass is 16.5. The van der Waals surface area contributed by atoms with Crippen molar-refractivity contribution in [1.82, 2.24) is 4.57 Å². The highest BCUT2D eigenvalue weighted by Crippen LogP contribution is 2.48. The number of ether oxygens (including phenoxy) is 1. The first-order valence-corrected chi connectivity index (χ1v) is 24.6. The van der Waals surface area contributed by atoms with Gasteiger partial charge >= 0.3 is 0 Å². The lowest BCUT2D eigenvalue weighted by molar-refractivity contribution is 0.487. The van der Waals surface area contributed by atoms with Gasteiger partial charge < -0.3 is 19.1 Å². The van der Waals surface area contributed by atoms with E-state index in [-0.39, 0.29) is 13.4 Å². The molecular weight excluding hydrogens is 848 g/mol. The molecule has 11 aromatic rings. The van der Waals surface area contributed by atoms with Crippen molar-refractivity contribution in [3.63, 3.8) is 0 Å². The van der Waals surface area contributed by atoms with Crippen LogP contribution in [0.15, 0.2) is 200 Å². The average molecular weight is 894 g/mol. The van der Waals surface area contributed by atoms with Gasteiger partial charge in [-0.25, -0.2) is 0 Å². The minimum Gasteiger partial charge on any atom is -0.458 e. The molecular formula is C64H45B2N3O. The summed E-state index contributed by atoms with van der Waals surface area (Å²) in [6, 6.07) is 75.0. The third-order valence-electron chi connectivity index (χ3n) is 15.8. The summed E-state index contributed by atoms with van der Waals surface area (Å²) in [5.41, 5.74) is 28.0. The summed E-state index contributed by atoms with van der Waals surface area (Å²) in [6.07, 6.45) is 0. The van der Waals surface area contributed by atoms with Gasteiger partial charge in [0.15, 0.2) is 0 Å². The van der Waals surface area contributed by atoms with Crippen molar-refractivity contribution in [3.05, 3.63) is 222 Å². The number of anilines is 6. The number of fused-ring (bicyclic) bond motifs is 11. The standard InChI is InChI=1S/C64H45B2N3O/c1-38-26-28-40(3)48(30-38)42-32-57-62-58(33-42)68(45-18-9-6-10-19-45)56-37-60-53(36-52(56)65(62)50-22-12-14-25-55(50)67(57)44-16-7-5-8-17-44)66-51-23-15-21-47-46-20-11-13-24-54(46)69(64(47)51)59-34-43(35-61(70-60)63(59)66)49-31-39(2)27-29-41(49)4/h5-37H,1-4H3. The first-order chi connectivity index (χ1) is 34.4. The van der Waals surface area contributed by atoms with E-state index in [1.807, 2.05) is 0 Å². The van der Waals surface area contributed by atoms with Crippen molar-refractivity contribution in [2.45, 2.75) is 27.7 Å². The molecule has 4 aliphatic rings. The van der Waals surface area contributed by atoms with Gasteiger partial charge in [-0.3, -0.25) is 0 Å². The molecule has 6 heteroatoms. The Morgan fingerprint density at radius 1 is 0.371 bits per heavy atom. The van der Waals surface area contributed by atoms with Crippen molar-refractivity contribution in [2.75, 3.05) is 9.80 Å². The zero-order valence-electron chi connectivity index (χ0n) is 39.5. The van der Waals surface area contributed by atoms with Gasteiger partial charge in [0.2, 0.25) is 0 Å². The summed E-state index contributed by atoms with van der Waals surface area (Å²) in [4.78, 5) is 5.03. The van der Waals surface area contributed by atoms with E-state index < -0.39 is 0 Å². The number of aromatic nitrogens is 1. The third-order valence-corrected chi connectivity index (χ3v) is 15.8. The van der Waals surface area contributed by atoms with Gasteiger partial charge in [-0.1, -0.05) is 145 Å². The Kier molecular flexibility index (Phi) is 8.20. The van der Waals surface area contributed by atoms with Crippen molar-refractivity contribution < 1.29 is 4.74 Å². The molecule has 0 bridgehead atoms. The number of aryl methyl sites for hydroxylation is 4. The van der Waals surface area contributed by atoms with Crippen LogP contribution in [-0.4, -0.2) is 18.0 Å². The predicted octanol–water partition coefficient (Wildman–Crippen LogP) is 12.4. The van der Waals surface area contributed by atoms with Crippen molar-refractivity contribution in [1.29, 1.82) is 0 Å². The Balaban J connectivity index is 1.05. The topological polar surface area (TPSA) is 20.6 Å². The van der Waals surface area contributed by atoms with Crippen LogP contribution >= 0.6 is 0 Å². The van der Waals surface area contributed by atoms with E-state index in [4.69, 9.17) is 4.74 Å². The fraction of sp³-hybridized carbons (Fsp3) is 0.0625. The van der Waals surface area contributed by atoms with Crippen LogP contribution in [0.1, 0.15) is 22.3 Å². The molecule has 0 N–H and O–H groups in total. The second kappa shape index (κ2) is 14.5. The smallest absolute Gasteiger partial charge is 0.256 e. The molecule has 0 spiro atoms.